The smallest absolute Gasteiger partial charge is 0.407 e. The van der Waals surface area contributed by atoms with E-state index >= 15 is 0 Å². The van der Waals surface area contributed by atoms with Crippen LogP contribution in [0.1, 0.15) is 47.0 Å². The number of carbonyl (C=O) groups excluding carboxylic acids is 1. The molecule has 0 spiro atoms. The number of carbonyl (C=O) groups is 1. The van der Waals surface area contributed by atoms with Crippen LogP contribution in [0.2, 0.25) is 0 Å². The minimum absolute atomic E-state index is 0.318. The molecule has 0 aromatic carbocycles. The standard InChI is InChI=1S/C13H26N2O2/c1-5-8-14-11(10-6-7-10)9-15-12(16)17-13(2,3)4/h10-11,14H,5-9H2,1-4H3,(H,15,16). The Kier molecular flexibility index (Phi) is 5.25. The molecule has 1 saturated carbocycles. The Morgan fingerprint density at radius 3 is 2.53 bits per heavy atom. The molecule has 1 amide bonds. The largest absolute Gasteiger partial charge is 0.444 e. The van der Waals surface area contributed by atoms with E-state index in [2.05, 4.69) is 17.6 Å². The van der Waals surface area contributed by atoms with E-state index in [0.29, 0.717) is 12.6 Å². The maximum absolute atomic E-state index is 11.5. The van der Waals surface area contributed by atoms with Crippen molar-refractivity contribution in [2.45, 2.75) is 58.6 Å². The number of amides is 1. The van der Waals surface area contributed by atoms with Gasteiger partial charge in [-0.25, -0.2) is 4.79 Å². The normalized spacial score (nSPS) is 17.6. The molecule has 2 N–H and O–H groups in total. The minimum Gasteiger partial charge on any atom is -0.444 e. The first-order valence-corrected chi connectivity index (χ1v) is 6.62. The summed E-state index contributed by atoms with van der Waals surface area (Å²) in [5.41, 5.74) is -0.421. The van der Waals surface area contributed by atoms with Crippen molar-refractivity contribution in [3.05, 3.63) is 0 Å². The fraction of sp³-hybridized carbons (Fsp3) is 0.923. The fourth-order valence-corrected chi connectivity index (χ4v) is 1.74. The van der Waals surface area contributed by atoms with Crippen LogP contribution < -0.4 is 10.6 Å². The molecule has 1 aliphatic carbocycles. The Balaban J connectivity index is 2.23. The lowest BCUT2D eigenvalue weighted by Crippen LogP contribution is -2.44. The van der Waals surface area contributed by atoms with E-state index in [9.17, 15) is 4.79 Å². The third-order valence-electron chi connectivity index (χ3n) is 2.71. The van der Waals surface area contributed by atoms with Gasteiger partial charge in [0.05, 0.1) is 0 Å². The highest BCUT2D eigenvalue weighted by atomic mass is 16.6. The van der Waals surface area contributed by atoms with E-state index in [0.717, 1.165) is 18.9 Å². The molecule has 1 atom stereocenters. The van der Waals surface area contributed by atoms with E-state index in [-0.39, 0.29) is 6.09 Å². The van der Waals surface area contributed by atoms with Gasteiger partial charge in [0.25, 0.3) is 0 Å². The molecule has 1 fully saturated rings. The van der Waals surface area contributed by atoms with Crippen LogP contribution in [0, 0.1) is 5.92 Å². The summed E-state index contributed by atoms with van der Waals surface area (Å²) >= 11 is 0. The summed E-state index contributed by atoms with van der Waals surface area (Å²) in [6.07, 6.45) is 3.35. The zero-order chi connectivity index (χ0) is 12.9. The molecule has 100 valence electrons. The van der Waals surface area contributed by atoms with E-state index in [1.54, 1.807) is 0 Å². The molecule has 0 aromatic heterocycles. The topological polar surface area (TPSA) is 50.4 Å². The average Bonchev–Trinajstić information content (AvgIpc) is 2.99. The molecule has 0 radical (unpaired) electrons. The summed E-state index contributed by atoms with van der Waals surface area (Å²) in [5.74, 6) is 0.733. The Bertz CT molecular complexity index is 244. The van der Waals surface area contributed by atoms with Crippen LogP contribution in [0.25, 0.3) is 0 Å². The van der Waals surface area contributed by atoms with Crippen LogP contribution in [-0.4, -0.2) is 30.8 Å². The van der Waals surface area contributed by atoms with Crippen molar-refractivity contribution in [1.82, 2.24) is 10.6 Å². The lowest BCUT2D eigenvalue weighted by molar-refractivity contribution is 0.0521. The van der Waals surface area contributed by atoms with E-state index in [1.807, 2.05) is 20.8 Å². The second-order valence-electron chi connectivity index (χ2n) is 5.78. The molecule has 0 bridgehead atoms. The van der Waals surface area contributed by atoms with E-state index in [1.165, 1.54) is 12.8 Å². The lowest BCUT2D eigenvalue weighted by Gasteiger charge is -2.22. The maximum atomic E-state index is 11.5. The summed E-state index contributed by atoms with van der Waals surface area (Å²) in [6.45, 7) is 9.45. The number of hydrogen-bond acceptors (Lipinski definition) is 3. The molecule has 17 heavy (non-hydrogen) atoms. The van der Waals surface area contributed by atoms with Gasteiger partial charge in [0.2, 0.25) is 0 Å². The van der Waals surface area contributed by atoms with Crippen LogP contribution in [-0.2, 0) is 4.74 Å². The summed E-state index contributed by atoms with van der Waals surface area (Å²) in [4.78, 5) is 11.5. The monoisotopic (exact) mass is 242 g/mol. The lowest BCUT2D eigenvalue weighted by atomic mass is 10.2. The van der Waals surface area contributed by atoms with Gasteiger partial charge in [-0.1, -0.05) is 6.92 Å². The van der Waals surface area contributed by atoms with Crippen molar-refractivity contribution < 1.29 is 9.53 Å². The molecule has 4 nitrogen and oxygen atoms in total. The maximum Gasteiger partial charge on any atom is 0.407 e. The Morgan fingerprint density at radius 1 is 1.41 bits per heavy atom. The van der Waals surface area contributed by atoms with Gasteiger partial charge in [0, 0.05) is 12.6 Å². The molecule has 1 aliphatic rings. The van der Waals surface area contributed by atoms with Crippen molar-refractivity contribution >= 4 is 6.09 Å². The molecular formula is C13H26N2O2. The first kappa shape index (κ1) is 14.3. The van der Waals surface area contributed by atoms with E-state index in [4.69, 9.17) is 4.74 Å². The number of ether oxygens (including phenoxy) is 1. The van der Waals surface area contributed by atoms with Crippen molar-refractivity contribution in [3.8, 4) is 0 Å². The summed E-state index contributed by atoms with van der Waals surface area (Å²) < 4.78 is 5.21. The average molecular weight is 242 g/mol. The van der Waals surface area contributed by atoms with Crippen LogP contribution >= 0.6 is 0 Å². The van der Waals surface area contributed by atoms with E-state index < -0.39 is 5.60 Å². The molecule has 1 rings (SSSR count). The number of nitrogens with one attached hydrogen (secondary N) is 2. The molecule has 4 heteroatoms. The third-order valence-corrected chi connectivity index (χ3v) is 2.71. The van der Waals surface area contributed by atoms with Gasteiger partial charge in [-0.3, -0.25) is 0 Å². The first-order valence-electron chi connectivity index (χ1n) is 6.62. The SMILES string of the molecule is CCCNC(CNC(=O)OC(C)(C)C)C1CC1. The van der Waals surface area contributed by atoms with Crippen LogP contribution in [0.5, 0.6) is 0 Å². The predicted octanol–water partition coefficient (Wildman–Crippen LogP) is 2.29. The first-order chi connectivity index (χ1) is 7.92. The number of rotatable bonds is 6. The number of hydrogen-bond donors (Lipinski definition) is 2. The van der Waals surface area contributed by atoms with Gasteiger partial charge in [0.15, 0.2) is 0 Å². The van der Waals surface area contributed by atoms with Gasteiger partial charge in [-0.15, -0.1) is 0 Å². The fourth-order valence-electron chi connectivity index (χ4n) is 1.74. The molecular weight excluding hydrogens is 216 g/mol. The summed E-state index contributed by atoms with van der Waals surface area (Å²) in [5, 5.41) is 6.33. The molecule has 0 aromatic rings. The molecule has 1 unspecified atom stereocenters. The zero-order valence-electron chi connectivity index (χ0n) is 11.5. The molecule has 0 heterocycles. The van der Waals surface area contributed by atoms with Crippen molar-refractivity contribution in [2.75, 3.05) is 13.1 Å². The highest BCUT2D eigenvalue weighted by Gasteiger charge is 2.31. The summed E-state index contributed by atoms with van der Waals surface area (Å²) in [7, 11) is 0. The molecule has 0 aliphatic heterocycles. The van der Waals surface area contributed by atoms with Crippen molar-refractivity contribution in [2.24, 2.45) is 5.92 Å². The van der Waals surface area contributed by atoms with Crippen LogP contribution in [0.4, 0.5) is 4.79 Å². The Morgan fingerprint density at radius 2 is 2.06 bits per heavy atom. The van der Waals surface area contributed by atoms with Gasteiger partial charge in [-0.2, -0.15) is 0 Å². The summed E-state index contributed by atoms with van der Waals surface area (Å²) in [6, 6.07) is 0.405. The van der Waals surface area contributed by atoms with Crippen molar-refractivity contribution in [3.63, 3.8) is 0 Å². The van der Waals surface area contributed by atoms with Gasteiger partial charge < -0.3 is 15.4 Å². The highest BCUT2D eigenvalue weighted by molar-refractivity contribution is 5.67. The minimum atomic E-state index is -0.421. The number of alkyl carbamates (subject to hydrolysis) is 1. The van der Waals surface area contributed by atoms with Gasteiger partial charge >= 0.3 is 6.09 Å². The Hall–Kier alpha value is -0.770. The quantitative estimate of drug-likeness (QED) is 0.751. The zero-order valence-corrected chi connectivity index (χ0v) is 11.5. The predicted molar refractivity (Wildman–Crippen MR) is 69.0 cm³/mol. The van der Waals surface area contributed by atoms with Gasteiger partial charge in [-0.05, 0) is 52.5 Å². The van der Waals surface area contributed by atoms with Crippen LogP contribution in [0.3, 0.4) is 0 Å². The Labute approximate surface area is 104 Å². The second-order valence-corrected chi connectivity index (χ2v) is 5.78. The highest BCUT2D eigenvalue weighted by Crippen LogP contribution is 2.32. The molecule has 0 saturated heterocycles. The second kappa shape index (κ2) is 6.24. The van der Waals surface area contributed by atoms with Crippen LogP contribution in [0.15, 0.2) is 0 Å². The van der Waals surface area contributed by atoms with Crippen molar-refractivity contribution in [1.29, 1.82) is 0 Å². The third kappa shape index (κ3) is 6.51. The van der Waals surface area contributed by atoms with Gasteiger partial charge in [0.1, 0.15) is 5.60 Å².